The monoisotopic (exact) mass is 423 g/mol. The molecule has 0 saturated heterocycles. The number of hydrogen-bond donors (Lipinski definition) is 1. The second kappa shape index (κ2) is 7.70. The average Bonchev–Trinajstić information content (AvgIpc) is 3.13. The van der Waals surface area contributed by atoms with E-state index in [9.17, 15) is 10.1 Å². The van der Waals surface area contributed by atoms with Crippen LogP contribution < -0.4 is 0 Å². The van der Waals surface area contributed by atoms with Gasteiger partial charge in [0.25, 0.3) is 5.69 Å². The van der Waals surface area contributed by atoms with Crippen LogP contribution >= 0.6 is 23.2 Å². The quantitative estimate of drug-likeness (QED) is 0.285. The maximum atomic E-state index is 11.3. The van der Waals surface area contributed by atoms with Crippen molar-refractivity contribution >= 4 is 28.9 Å². The Kier molecular flexibility index (Phi) is 5.09. The average molecular weight is 424 g/mol. The summed E-state index contributed by atoms with van der Waals surface area (Å²) < 4.78 is 0. The Bertz CT molecular complexity index is 1200. The minimum Gasteiger partial charge on any atom is -0.337 e. The van der Waals surface area contributed by atoms with Gasteiger partial charge in [0, 0.05) is 23.3 Å². The number of rotatable bonds is 4. The Labute approximate surface area is 177 Å². The molecule has 0 atom stereocenters. The van der Waals surface area contributed by atoms with Crippen LogP contribution in [0.4, 0.5) is 5.69 Å². The van der Waals surface area contributed by atoms with Crippen molar-refractivity contribution < 1.29 is 4.92 Å². The van der Waals surface area contributed by atoms with E-state index >= 15 is 0 Å². The molecule has 7 heteroatoms. The molecule has 4 rings (SSSR count). The first-order chi connectivity index (χ1) is 14.0. The second-order valence-electron chi connectivity index (χ2n) is 6.53. The highest BCUT2D eigenvalue weighted by atomic mass is 35.5. The summed E-state index contributed by atoms with van der Waals surface area (Å²) in [5.41, 5.74) is 4.38. The number of aryl methyl sites for hydroxylation is 1. The van der Waals surface area contributed by atoms with Crippen LogP contribution in [0.5, 0.6) is 0 Å². The van der Waals surface area contributed by atoms with Crippen molar-refractivity contribution in [2.24, 2.45) is 0 Å². The van der Waals surface area contributed by atoms with E-state index in [1.165, 1.54) is 6.07 Å². The van der Waals surface area contributed by atoms with E-state index in [-0.39, 0.29) is 5.69 Å². The highest BCUT2D eigenvalue weighted by Crippen LogP contribution is 2.39. The zero-order chi connectivity index (χ0) is 20.5. The molecule has 144 valence electrons. The van der Waals surface area contributed by atoms with Crippen LogP contribution in [0.1, 0.15) is 5.56 Å². The first kappa shape index (κ1) is 19.2. The number of imidazole rings is 1. The number of aromatic amines is 1. The zero-order valence-corrected chi connectivity index (χ0v) is 16.8. The van der Waals surface area contributed by atoms with Gasteiger partial charge < -0.3 is 4.98 Å². The molecule has 0 aliphatic rings. The van der Waals surface area contributed by atoms with Gasteiger partial charge >= 0.3 is 0 Å². The Hall–Kier alpha value is -3.15. The lowest BCUT2D eigenvalue weighted by Gasteiger charge is -2.07. The van der Waals surface area contributed by atoms with E-state index in [1.807, 2.05) is 37.3 Å². The smallest absolute Gasteiger partial charge is 0.270 e. The fraction of sp³-hybridized carbons (Fsp3) is 0.0455. The van der Waals surface area contributed by atoms with Gasteiger partial charge in [-0.1, -0.05) is 65.7 Å². The standard InChI is InChI=1S/C22H15Cl2N3O2/c1-13-10-11-15(27(28)29)12-16(13)21-20(14-6-3-2-4-7-14)25-22(26-21)19-17(23)8-5-9-18(19)24/h2-12H,1H3,(H,25,26). The number of benzene rings is 3. The maximum Gasteiger partial charge on any atom is 0.270 e. The van der Waals surface area contributed by atoms with E-state index in [0.29, 0.717) is 38.4 Å². The lowest BCUT2D eigenvalue weighted by Crippen LogP contribution is -1.92. The Balaban J connectivity index is 2.00. The van der Waals surface area contributed by atoms with Crippen LogP contribution in [0, 0.1) is 17.0 Å². The molecule has 0 saturated carbocycles. The van der Waals surface area contributed by atoms with Crippen molar-refractivity contribution in [1.29, 1.82) is 0 Å². The number of nitrogens with zero attached hydrogens (tertiary/aromatic N) is 2. The highest BCUT2D eigenvalue weighted by Gasteiger charge is 2.21. The van der Waals surface area contributed by atoms with Crippen LogP contribution in [-0.4, -0.2) is 14.9 Å². The largest absolute Gasteiger partial charge is 0.337 e. The molecule has 1 heterocycles. The van der Waals surface area contributed by atoms with E-state index < -0.39 is 4.92 Å². The molecule has 5 nitrogen and oxygen atoms in total. The number of nitro groups is 1. The number of nitro benzene ring substituents is 1. The first-order valence-electron chi connectivity index (χ1n) is 8.81. The molecular formula is C22H15Cl2N3O2. The fourth-order valence-electron chi connectivity index (χ4n) is 3.21. The van der Waals surface area contributed by atoms with Crippen molar-refractivity contribution in [2.75, 3.05) is 0 Å². The van der Waals surface area contributed by atoms with Gasteiger partial charge in [-0.05, 0) is 24.6 Å². The van der Waals surface area contributed by atoms with Crippen molar-refractivity contribution in [1.82, 2.24) is 9.97 Å². The molecule has 0 aliphatic carbocycles. The molecule has 0 fully saturated rings. The van der Waals surface area contributed by atoms with Gasteiger partial charge in [-0.25, -0.2) is 4.98 Å². The number of H-pyrrole nitrogens is 1. The number of non-ortho nitro benzene ring substituents is 1. The predicted molar refractivity (Wildman–Crippen MR) is 116 cm³/mol. The van der Waals surface area contributed by atoms with E-state index in [1.54, 1.807) is 30.3 Å². The molecule has 0 radical (unpaired) electrons. The van der Waals surface area contributed by atoms with Gasteiger partial charge in [-0.2, -0.15) is 0 Å². The summed E-state index contributed by atoms with van der Waals surface area (Å²) in [5.74, 6) is 0.500. The van der Waals surface area contributed by atoms with Gasteiger partial charge in [0.05, 0.1) is 31.9 Å². The summed E-state index contributed by atoms with van der Waals surface area (Å²) in [7, 11) is 0. The SMILES string of the molecule is Cc1ccc([N+](=O)[O-])cc1-c1[nH]c(-c2c(Cl)cccc2Cl)nc1-c1ccccc1. The highest BCUT2D eigenvalue weighted by molar-refractivity contribution is 6.39. The second-order valence-corrected chi connectivity index (χ2v) is 7.34. The number of nitrogens with one attached hydrogen (secondary N) is 1. The summed E-state index contributed by atoms with van der Waals surface area (Å²) in [4.78, 5) is 19.0. The summed E-state index contributed by atoms with van der Waals surface area (Å²) in [6.45, 7) is 1.90. The van der Waals surface area contributed by atoms with Crippen molar-refractivity contribution in [2.45, 2.75) is 6.92 Å². The van der Waals surface area contributed by atoms with Crippen molar-refractivity contribution in [3.8, 4) is 33.9 Å². The minimum atomic E-state index is -0.409. The Morgan fingerprint density at radius 1 is 0.966 bits per heavy atom. The Morgan fingerprint density at radius 2 is 1.66 bits per heavy atom. The van der Waals surface area contributed by atoms with Crippen molar-refractivity contribution in [3.63, 3.8) is 0 Å². The van der Waals surface area contributed by atoms with Gasteiger partial charge in [0.15, 0.2) is 0 Å². The maximum absolute atomic E-state index is 11.3. The summed E-state index contributed by atoms with van der Waals surface area (Å²) >= 11 is 12.8. The number of hydrogen-bond acceptors (Lipinski definition) is 3. The fourth-order valence-corrected chi connectivity index (χ4v) is 3.78. The van der Waals surface area contributed by atoms with E-state index in [2.05, 4.69) is 4.98 Å². The molecule has 0 unspecified atom stereocenters. The molecule has 0 aliphatic heterocycles. The molecule has 0 spiro atoms. The Morgan fingerprint density at radius 3 is 2.31 bits per heavy atom. The molecule has 1 N–H and O–H groups in total. The lowest BCUT2D eigenvalue weighted by atomic mass is 10.0. The first-order valence-corrected chi connectivity index (χ1v) is 9.56. The zero-order valence-electron chi connectivity index (χ0n) is 15.3. The van der Waals surface area contributed by atoms with Gasteiger partial charge in [-0.15, -0.1) is 0 Å². The van der Waals surface area contributed by atoms with Crippen LogP contribution in [-0.2, 0) is 0 Å². The third kappa shape index (κ3) is 3.62. The van der Waals surface area contributed by atoms with Crippen LogP contribution in [0.3, 0.4) is 0 Å². The summed E-state index contributed by atoms with van der Waals surface area (Å²) in [5, 5.41) is 12.2. The topological polar surface area (TPSA) is 71.8 Å². The lowest BCUT2D eigenvalue weighted by molar-refractivity contribution is -0.384. The van der Waals surface area contributed by atoms with Gasteiger partial charge in [0.1, 0.15) is 5.82 Å². The number of halogens is 2. The molecular weight excluding hydrogens is 409 g/mol. The normalized spacial score (nSPS) is 10.9. The molecule has 0 amide bonds. The van der Waals surface area contributed by atoms with E-state index in [4.69, 9.17) is 28.2 Å². The van der Waals surface area contributed by atoms with Crippen LogP contribution in [0.25, 0.3) is 33.9 Å². The molecule has 0 bridgehead atoms. The third-order valence-corrected chi connectivity index (χ3v) is 5.28. The third-order valence-electron chi connectivity index (χ3n) is 4.65. The molecule has 4 aromatic rings. The van der Waals surface area contributed by atoms with Crippen LogP contribution in [0.15, 0.2) is 66.7 Å². The molecule has 1 aromatic heterocycles. The minimum absolute atomic E-state index is 0.0107. The molecule has 3 aromatic carbocycles. The summed E-state index contributed by atoms with van der Waals surface area (Å²) in [6, 6.07) is 19.6. The predicted octanol–water partition coefficient (Wildman–Crippen LogP) is 6.93. The van der Waals surface area contributed by atoms with Gasteiger partial charge in [-0.3, -0.25) is 10.1 Å². The van der Waals surface area contributed by atoms with Crippen molar-refractivity contribution in [3.05, 3.63) is 92.5 Å². The molecule has 29 heavy (non-hydrogen) atoms. The van der Waals surface area contributed by atoms with E-state index in [0.717, 1.165) is 11.1 Å². The van der Waals surface area contributed by atoms with Gasteiger partial charge in [0.2, 0.25) is 0 Å². The number of aromatic nitrogens is 2. The van der Waals surface area contributed by atoms with Crippen LogP contribution in [0.2, 0.25) is 10.0 Å². The summed E-state index contributed by atoms with van der Waals surface area (Å²) in [6.07, 6.45) is 0.